The molecule has 1 fully saturated rings. The molecule has 1 aliphatic rings. The molecule has 1 amide bonds. The molecule has 0 radical (unpaired) electrons. The lowest BCUT2D eigenvalue weighted by atomic mass is 9.92. The predicted octanol–water partition coefficient (Wildman–Crippen LogP) is -0.0746. The summed E-state index contributed by atoms with van der Waals surface area (Å²) in [5, 5.41) is 5.80. The molecule has 100 valence electrons. The molecule has 0 saturated carbocycles. The highest BCUT2D eigenvalue weighted by Gasteiger charge is 2.30. The van der Waals surface area contributed by atoms with Gasteiger partial charge >= 0.3 is 0 Å². The van der Waals surface area contributed by atoms with Crippen LogP contribution in [0, 0.1) is 5.41 Å². The Labute approximate surface area is 103 Å². The fourth-order valence-corrected chi connectivity index (χ4v) is 3.67. The van der Waals surface area contributed by atoms with Crippen molar-refractivity contribution in [1.29, 1.82) is 0 Å². The van der Waals surface area contributed by atoms with E-state index in [1.807, 2.05) is 13.8 Å². The van der Waals surface area contributed by atoms with Crippen molar-refractivity contribution in [2.75, 3.05) is 25.1 Å². The Bertz CT molecular complexity index is 376. The van der Waals surface area contributed by atoms with Gasteiger partial charge in [0.15, 0.2) is 9.84 Å². The third kappa shape index (κ3) is 4.27. The number of hydrogen-bond donors (Lipinski definition) is 2. The maximum Gasteiger partial charge on any atom is 0.226 e. The van der Waals surface area contributed by atoms with E-state index in [-0.39, 0.29) is 17.7 Å². The van der Waals surface area contributed by atoms with E-state index in [4.69, 9.17) is 0 Å². The molecule has 0 aromatic heterocycles. The van der Waals surface area contributed by atoms with Gasteiger partial charge in [-0.05, 0) is 26.7 Å². The number of hydrogen-bond acceptors (Lipinski definition) is 4. The van der Waals surface area contributed by atoms with Crippen molar-refractivity contribution in [3.8, 4) is 0 Å². The maximum atomic E-state index is 11.6. The number of carbonyl (C=O) groups is 1. The summed E-state index contributed by atoms with van der Waals surface area (Å²) in [7, 11) is -1.28. The highest BCUT2D eigenvalue weighted by Crippen LogP contribution is 2.16. The zero-order valence-electron chi connectivity index (χ0n) is 10.7. The summed E-state index contributed by atoms with van der Waals surface area (Å²) in [5.74, 6) is 0.449. The van der Waals surface area contributed by atoms with E-state index in [2.05, 4.69) is 10.6 Å². The van der Waals surface area contributed by atoms with Gasteiger partial charge in [-0.1, -0.05) is 0 Å². The van der Waals surface area contributed by atoms with Gasteiger partial charge in [0.05, 0.1) is 16.9 Å². The first-order chi connectivity index (χ1) is 7.77. The molecular weight excluding hydrogens is 240 g/mol. The van der Waals surface area contributed by atoms with Crippen LogP contribution in [0.3, 0.4) is 0 Å². The third-order valence-electron chi connectivity index (χ3n) is 3.14. The van der Waals surface area contributed by atoms with Crippen molar-refractivity contribution >= 4 is 15.7 Å². The minimum absolute atomic E-state index is 0.0160. The standard InChI is InChI=1S/C11H22N2O3S/c1-11(2,10(14)12-3)8-13-9-5-4-6-17(15,16)7-9/h9,13H,4-8H2,1-3H3,(H,12,14). The Hall–Kier alpha value is -0.620. The molecule has 1 atom stereocenters. The molecule has 17 heavy (non-hydrogen) atoms. The highest BCUT2D eigenvalue weighted by atomic mass is 32.2. The van der Waals surface area contributed by atoms with Gasteiger partial charge < -0.3 is 10.6 Å². The lowest BCUT2D eigenvalue weighted by molar-refractivity contribution is -0.128. The molecule has 1 saturated heterocycles. The fraction of sp³-hybridized carbons (Fsp3) is 0.909. The summed E-state index contributed by atoms with van der Waals surface area (Å²) in [4.78, 5) is 11.6. The van der Waals surface area contributed by atoms with E-state index in [9.17, 15) is 13.2 Å². The second-order valence-electron chi connectivity index (χ2n) is 5.30. The van der Waals surface area contributed by atoms with Gasteiger partial charge in [-0.3, -0.25) is 4.79 Å². The van der Waals surface area contributed by atoms with Crippen LogP contribution in [0.2, 0.25) is 0 Å². The van der Waals surface area contributed by atoms with E-state index < -0.39 is 15.3 Å². The Morgan fingerprint density at radius 2 is 2.06 bits per heavy atom. The minimum Gasteiger partial charge on any atom is -0.359 e. The van der Waals surface area contributed by atoms with E-state index in [0.29, 0.717) is 18.7 Å². The van der Waals surface area contributed by atoms with Gasteiger partial charge in [0, 0.05) is 19.6 Å². The molecule has 2 N–H and O–H groups in total. The molecule has 0 spiro atoms. The van der Waals surface area contributed by atoms with E-state index >= 15 is 0 Å². The van der Waals surface area contributed by atoms with E-state index in [0.717, 1.165) is 6.42 Å². The van der Waals surface area contributed by atoms with E-state index in [1.54, 1.807) is 7.05 Å². The Balaban J connectivity index is 2.48. The smallest absolute Gasteiger partial charge is 0.226 e. The summed E-state index contributed by atoms with van der Waals surface area (Å²) >= 11 is 0. The van der Waals surface area contributed by atoms with Crippen molar-refractivity contribution in [2.45, 2.75) is 32.7 Å². The zero-order chi connectivity index (χ0) is 13.1. The minimum atomic E-state index is -2.89. The lowest BCUT2D eigenvalue weighted by Gasteiger charge is -2.28. The summed E-state index contributed by atoms with van der Waals surface area (Å²) in [6.07, 6.45) is 1.57. The molecule has 1 heterocycles. The van der Waals surface area contributed by atoms with Crippen LogP contribution in [0.25, 0.3) is 0 Å². The van der Waals surface area contributed by atoms with Crippen LogP contribution < -0.4 is 10.6 Å². The molecule has 6 heteroatoms. The Morgan fingerprint density at radius 1 is 1.41 bits per heavy atom. The van der Waals surface area contributed by atoms with Crippen LogP contribution in [-0.2, 0) is 14.6 Å². The van der Waals surface area contributed by atoms with Crippen LogP contribution in [0.5, 0.6) is 0 Å². The number of nitrogens with one attached hydrogen (secondary N) is 2. The molecule has 0 aromatic rings. The van der Waals surface area contributed by atoms with Crippen LogP contribution in [0.1, 0.15) is 26.7 Å². The van der Waals surface area contributed by atoms with Crippen molar-refractivity contribution < 1.29 is 13.2 Å². The highest BCUT2D eigenvalue weighted by molar-refractivity contribution is 7.91. The van der Waals surface area contributed by atoms with Gasteiger partial charge in [0.2, 0.25) is 5.91 Å². The second-order valence-corrected chi connectivity index (χ2v) is 7.53. The largest absolute Gasteiger partial charge is 0.359 e. The Kier molecular flexibility index (Phi) is 4.55. The van der Waals surface area contributed by atoms with Crippen molar-refractivity contribution in [3.63, 3.8) is 0 Å². The Morgan fingerprint density at radius 3 is 2.59 bits per heavy atom. The average Bonchev–Trinajstić information content (AvgIpc) is 2.24. The zero-order valence-corrected chi connectivity index (χ0v) is 11.6. The topological polar surface area (TPSA) is 75.3 Å². The molecule has 1 rings (SSSR count). The first-order valence-electron chi connectivity index (χ1n) is 5.93. The SMILES string of the molecule is CNC(=O)C(C)(C)CNC1CCCS(=O)(=O)C1. The summed E-state index contributed by atoms with van der Waals surface area (Å²) in [6.45, 7) is 4.18. The monoisotopic (exact) mass is 262 g/mol. The molecule has 0 aliphatic carbocycles. The summed E-state index contributed by atoms with van der Waals surface area (Å²) < 4.78 is 22.9. The van der Waals surface area contributed by atoms with Crippen LogP contribution in [0.15, 0.2) is 0 Å². The molecule has 0 bridgehead atoms. The van der Waals surface area contributed by atoms with Gasteiger partial charge in [0.1, 0.15) is 0 Å². The molecular formula is C11H22N2O3S. The van der Waals surface area contributed by atoms with Gasteiger partial charge in [-0.25, -0.2) is 8.42 Å². The number of carbonyl (C=O) groups excluding carboxylic acids is 1. The molecule has 0 aromatic carbocycles. The first kappa shape index (κ1) is 14.4. The predicted molar refractivity (Wildman–Crippen MR) is 67.5 cm³/mol. The summed E-state index contributed by atoms with van der Waals surface area (Å²) in [5.41, 5.74) is -0.518. The maximum absolute atomic E-state index is 11.6. The lowest BCUT2D eigenvalue weighted by Crippen LogP contribution is -2.48. The van der Waals surface area contributed by atoms with E-state index in [1.165, 1.54) is 0 Å². The van der Waals surface area contributed by atoms with Gasteiger partial charge in [-0.2, -0.15) is 0 Å². The van der Waals surface area contributed by atoms with Crippen molar-refractivity contribution in [3.05, 3.63) is 0 Å². The van der Waals surface area contributed by atoms with Crippen LogP contribution in [0.4, 0.5) is 0 Å². The second kappa shape index (κ2) is 5.35. The molecule has 1 aliphatic heterocycles. The number of amides is 1. The number of rotatable bonds is 4. The number of sulfone groups is 1. The molecule has 1 unspecified atom stereocenters. The van der Waals surface area contributed by atoms with Crippen LogP contribution >= 0.6 is 0 Å². The van der Waals surface area contributed by atoms with Crippen molar-refractivity contribution in [1.82, 2.24) is 10.6 Å². The fourth-order valence-electron chi connectivity index (χ4n) is 2.00. The van der Waals surface area contributed by atoms with Crippen LogP contribution in [-0.4, -0.2) is 45.5 Å². The summed E-state index contributed by atoms with van der Waals surface area (Å²) in [6, 6.07) is -0.0160. The third-order valence-corrected chi connectivity index (χ3v) is 4.96. The average molecular weight is 262 g/mol. The quantitative estimate of drug-likeness (QED) is 0.743. The normalized spacial score (nSPS) is 24.3. The van der Waals surface area contributed by atoms with Crippen molar-refractivity contribution in [2.24, 2.45) is 5.41 Å². The van der Waals surface area contributed by atoms with Gasteiger partial charge in [0.25, 0.3) is 0 Å². The molecule has 5 nitrogen and oxygen atoms in total. The van der Waals surface area contributed by atoms with Gasteiger partial charge in [-0.15, -0.1) is 0 Å². The first-order valence-corrected chi connectivity index (χ1v) is 7.75.